The Morgan fingerprint density at radius 1 is 1.44 bits per heavy atom. The smallest absolute Gasteiger partial charge is 0.322 e. The fourth-order valence-corrected chi connectivity index (χ4v) is 2.07. The van der Waals surface area contributed by atoms with Crippen molar-refractivity contribution in [3.63, 3.8) is 0 Å². The van der Waals surface area contributed by atoms with E-state index in [1.54, 1.807) is 4.57 Å². The maximum atomic E-state index is 12.8. The van der Waals surface area contributed by atoms with Crippen molar-refractivity contribution in [2.24, 2.45) is 4.99 Å². The lowest BCUT2D eigenvalue weighted by Gasteiger charge is -2.10. The topological polar surface area (TPSA) is 30.2 Å². The molecule has 2 aromatic heterocycles. The molecule has 94 valence electrons. The van der Waals surface area contributed by atoms with Gasteiger partial charge in [0.05, 0.1) is 17.8 Å². The Kier molecular flexibility index (Phi) is 1.64. The van der Waals surface area contributed by atoms with Crippen LogP contribution in [0.15, 0.2) is 17.3 Å². The van der Waals surface area contributed by atoms with Crippen LogP contribution in [0.4, 0.5) is 13.2 Å². The lowest BCUT2D eigenvalue weighted by Crippen LogP contribution is -2.11. The average Bonchev–Trinajstić information content (AvgIpc) is 2.70. The molecule has 3 heterocycles. The Balaban J connectivity index is 2.38. The maximum Gasteiger partial charge on any atom is 0.417 e. The van der Waals surface area contributed by atoms with Crippen LogP contribution in [0.25, 0.3) is 11.0 Å². The molecular weight excluding hydrogens is 243 g/mol. The van der Waals surface area contributed by atoms with Crippen LogP contribution in [0.3, 0.4) is 0 Å². The zero-order valence-electron chi connectivity index (χ0n) is 12.1. The summed E-state index contributed by atoms with van der Waals surface area (Å²) < 4.78 is 62.8. The van der Waals surface area contributed by atoms with E-state index in [1.165, 1.54) is 6.21 Å². The van der Waals surface area contributed by atoms with Crippen molar-refractivity contribution in [1.29, 1.82) is 0 Å². The first-order chi connectivity index (χ1) is 9.69. The summed E-state index contributed by atoms with van der Waals surface area (Å²) in [4.78, 5) is 7.84. The van der Waals surface area contributed by atoms with Crippen molar-refractivity contribution >= 4 is 17.2 Å². The summed E-state index contributed by atoms with van der Waals surface area (Å²) in [6.45, 7) is -1.69. The minimum absolute atomic E-state index is 0.00757. The molecule has 0 spiro atoms. The van der Waals surface area contributed by atoms with Gasteiger partial charge in [-0.05, 0) is 18.5 Å². The molecule has 3 rings (SSSR count). The second-order valence-electron chi connectivity index (χ2n) is 4.04. The number of pyridine rings is 1. The first-order valence-corrected chi connectivity index (χ1v) is 5.29. The monoisotopic (exact) mass is 256 g/mol. The van der Waals surface area contributed by atoms with Gasteiger partial charge in [0, 0.05) is 28.5 Å². The van der Waals surface area contributed by atoms with Crippen LogP contribution in [0.1, 0.15) is 20.9 Å². The summed E-state index contributed by atoms with van der Waals surface area (Å²) in [7, 11) is 0. The highest BCUT2D eigenvalue weighted by Crippen LogP contribution is 2.33. The van der Waals surface area contributed by atoms with Crippen LogP contribution in [-0.2, 0) is 12.7 Å². The number of aromatic nitrogens is 2. The number of aliphatic imine (C=N–C) groups is 1. The number of hydrogen-bond donors (Lipinski definition) is 0. The molecular formula is C12H10F3N3. The number of rotatable bonds is 0. The second-order valence-corrected chi connectivity index (χ2v) is 4.04. The van der Waals surface area contributed by atoms with Gasteiger partial charge in [0.2, 0.25) is 0 Å². The molecule has 0 N–H and O–H groups in total. The third kappa shape index (κ3) is 1.52. The van der Waals surface area contributed by atoms with E-state index in [2.05, 4.69) is 9.98 Å². The van der Waals surface area contributed by atoms with E-state index in [-0.39, 0.29) is 16.6 Å². The van der Waals surface area contributed by atoms with E-state index in [0.29, 0.717) is 18.8 Å². The summed E-state index contributed by atoms with van der Waals surface area (Å²) >= 11 is 0. The summed E-state index contributed by atoms with van der Waals surface area (Å²) in [6.07, 6.45) is -2.45. The Labute approximate surface area is 105 Å². The molecule has 1 aliphatic rings. The minimum atomic E-state index is -4.57. The molecule has 0 saturated heterocycles. The molecule has 0 atom stereocenters. The lowest BCUT2D eigenvalue weighted by molar-refractivity contribution is -0.137. The van der Waals surface area contributed by atoms with Gasteiger partial charge in [-0.25, -0.2) is 4.98 Å². The molecule has 1 aliphatic heterocycles. The van der Waals surface area contributed by atoms with Crippen LogP contribution in [0.2, 0.25) is 0 Å². The average molecular weight is 256 g/mol. The van der Waals surface area contributed by atoms with Gasteiger partial charge < -0.3 is 4.57 Å². The molecule has 0 aromatic carbocycles. The molecule has 0 saturated carbocycles. The SMILES string of the molecule is [2H]C([2H])([2H])c1c2n(c3ncc(C(F)(F)F)cc13)CCN=C2. The summed E-state index contributed by atoms with van der Waals surface area (Å²) in [5, 5.41) is 0.00757. The lowest BCUT2D eigenvalue weighted by atomic mass is 10.1. The zero-order chi connectivity index (χ0) is 15.4. The van der Waals surface area contributed by atoms with Crippen LogP contribution < -0.4 is 0 Å². The summed E-state index contributed by atoms with van der Waals surface area (Å²) in [5.41, 5.74) is -0.529. The van der Waals surface area contributed by atoms with Crippen molar-refractivity contribution in [2.45, 2.75) is 19.6 Å². The number of nitrogens with zero attached hydrogens (tertiary/aromatic N) is 3. The highest BCUT2D eigenvalue weighted by atomic mass is 19.4. The number of aryl methyl sites for hydroxylation is 1. The van der Waals surface area contributed by atoms with E-state index in [0.717, 1.165) is 12.3 Å². The van der Waals surface area contributed by atoms with E-state index >= 15 is 0 Å². The van der Waals surface area contributed by atoms with Crippen molar-refractivity contribution in [1.82, 2.24) is 9.55 Å². The van der Waals surface area contributed by atoms with Crippen LogP contribution in [0, 0.1) is 6.85 Å². The Hall–Kier alpha value is -1.85. The molecule has 18 heavy (non-hydrogen) atoms. The van der Waals surface area contributed by atoms with E-state index in [1.807, 2.05) is 0 Å². The molecule has 0 fully saturated rings. The van der Waals surface area contributed by atoms with Gasteiger partial charge in [0.15, 0.2) is 0 Å². The van der Waals surface area contributed by atoms with E-state index < -0.39 is 18.6 Å². The maximum absolute atomic E-state index is 12.8. The molecule has 3 nitrogen and oxygen atoms in total. The van der Waals surface area contributed by atoms with E-state index in [4.69, 9.17) is 4.11 Å². The van der Waals surface area contributed by atoms with Gasteiger partial charge in [-0.1, -0.05) is 0 Å². The van der Waals surface area contributed by atoms with Crippen molar-refractivity contribution in [3.05, 3.63) is 29.1 Å². The minimum Gasteiger partial charge on any atom is -0.322 e. The van der Waals surface area contributed by atoms with Gasteiger partial charge in [-0.3, -0.25) is 4.99 Å². The third-order valence-corrected chi connectivity index (χ3v) is 2.93. The van der Waals surface area contributed by atoms with Gasteiger partial charge in [0.25, 0.3) is 0 Å². The molecule has 0 unspecified atom stereocenters. The molecule has 6 heteroatoms. The van der Waals surface area contributed by atoms with Gasteiger partial charge >= 0.3 is 6.18 Å². The molecule has 0 amide bonds. The van der Waals surface area contributed by atoms with Crippen molar-refractivity contribution < 1.29 is 17.3 Å². The van der Waals surface area contributed by atoms with Crippen molar-refractivity contribution in [3.8, 4) is 0 Å². The van der Waals surface area contributed by atoms with Gasteiger partial charge in [-0.2, -0.15) is 13.2 Å². The number of alkyl halides is 3. The predicted molar refractivity (Wildman–Crippen MR) is 61.9 cm³/mol. The summed E-state index contributed by atoms with van der Waals surface area (Å²) in [6, 6.07) is 0.850. The first kappa shape index (κ1) is 8.29. The fourth-order valence-electron chi connectivity index (χ4n) is 2.07. The normalized spacial score (nSPS) is 18.3. The van der Waals surface area contributed by atoms with E-state index in [9.17, 15) is 13.2 Å². The Morgan fingerprint density at radius 3 is 3.00 bits per heavy atom. The van der Waals surface area contributed by atoms with Gasteiger partial charge in [0.1, 0.15) is 5.65 Å². The second kappa shape index (κ2) is 3.57. The molecule has 0 bridgehead atoms. The Morgan fingerprint density at radius 2 is 2.28 bits per heavy atom. The predicted octanol–water partition coefficient (Wildman–Crippen LogP) is 2.80. The van der Waals surface area contributed by atoms with Crippen LogP contribution >= 0.6 is 0 Å². The number of hydrogen-bond acceptors (Lipinski definition) is 2. The highest BCUT2D eigenvalue weighted by Gasteiger charge is 2.32. The quantitative estimate of drug-likeness (QED) is 0.712. The largest absolute Gasteiger partial charge is 0.417 e. The molecule has 2 aromatic rings. The Bertz CT molecular complexity index is 744. The van der Waals surface area contributed by atoms with Crippen molar-refractivity contribution in [2.75, 3.05) is 6.54 Å². The fraction of sp³-hybridized carbons (Fsp3) is 0.333. The first-order valence-electron chi connectivity index (χ1n) is 6.79. The number of fused-ring (bicyclic) bond motifs is 3. The van der Waals surface area contributed by atoms with Crippen LogP contribution in [-0.4, -0.2) is 22.3 Å². The van der Waals surface area contributed by atoms with Gasteiger partial charge in [-0.15, -0.1) is 0 Å². The number of halogens is 3. The zero-order valence-corrected chi connectivity index (χ0v) is 9.12. The summed E-state index contributed by atoms with van der Waals surface area (Å²) in [5.74, 6) is 0. The molecule has 0 aliphatic carbocycles. The standard InChI is InChI=1S/C12H10F3N3/c1-7-9-4-8(12(13,14)15)5-17-11(9)18-3-2-16-6-10(7)18/h4-6H,2-3H2,1H3/i1D3. The molecule has 0 radical (unpaired) electrons. The highest BCUT2D eigenvalue weighted by molar-refractivity contribution is 5.93. The van der Waals surface area contributed by atoms with Crippen LogP contribution in [0.5, 0.6) is 0 Å². The third-order valence-electron chi connectivity index (χ3n) is 2.93.